The molecule has 1 aliphatic carbocycles. The maximum Gasteiger partial charge on any atom is 0.126 e. The van der Waals surface area contributed by atoms with Crippen LogP contribution in [0.15, 0.2) is 18.2 Å². The normalized spacial score (nSPS) is 27.6. The highest BCUT2D eigenvalue weighted by molar-refractivity contribution is 5.21. The molecule has 0 saturated heterocycles. The molecule has 0 spiro atoms. The zero-order valence-corrected chi connectivity index (χ0v) is 13.1. The highest BCUT2D eigenvalue weighted by Gasteiger charge is 2.41. The average molecular weight is 297 g/mol. The van der Waals surface area contributed by atoms with Crippen molar-refractivity contribution < 1.29 is 13.5 Å². The highest BCUT2D eigenvalue weighted by Crippen LogP contribution is 2.38. The summed E-state index contributed by atoms with van der Waals surface area (Å²) in [5.74, 6) is -0.0475. The first-order valence-corrected chi connectivity index (χ1v) is 7.67. The van der Waals surface area contributed by atoms with Crippen molar-refractivity contribution >= 4 is 0 Å². The number of rotatable bonds is 5. The maximum absolute atomic E-state index is 13.9. The van der Waals surface area contributed by atoms with E-state index in [4.69, 9.17) is 4.74 Å². The predicted molar refractivity (Wildman–Crippen MR) is 80.3 cm³/mol. The molecule has 21 heavy (non-hydrogen) atoms. The van der Waals surface area contributed by atoms with Gasteiger partial charge in [0.05, 0.1) is 5.60 Å². The first-order chi connectivity index (χ1) is 10.0. The molecule has 0 aliphatic heterocycles. The van der Waals surface area contributed by atoms with E-state index in [0.29, 0.717) is 17.9 Å². The monoisotopic (exact) mass is 297 g/mol. The van der Waals surface area contributed by atoms with Crippen molar-refractivity contribution in [3.63, 3.8) is 0 Å². The Balaban J connectivity index is 2.19. The van der Waals surface area contributed by atoms with Gasteiger partial charge in [-0.05, 0) is 68.8 Å². The SMILES string of the molecule is CNC(Cc1cc(F)ccc1F)C1(OC)CCC(C)CC1. The summed E-state index contributed by atoms with van der Waals surface area (Å²) in [5.41, 5.74) is 0.115. The van der Waals surface area contributed by atoms with Crippen LogP contribution >= 0.6 is 0 Å². The van der Waals surface area contributed by atoms with Gasteiger partial charge >= 0.3 is 0 Å². The van der Waals surface area contributed by atoms with Crippen molar-refractivity contribution in [2.24, 2.45) is 5.92 Å². The average Bonchev–Trinajstić information content (AvgIpc) is 2.49. The molecule has 4 heteroatoms. The van der Waals surface area contributed by atoms with E-state index in [0.717, 1.165) is 31.7 Å². The van der Waals surface area contributed by atoms with Gasteiger partial charge in [-0.1, -0.05) is 6.92 Å². The molecule has 2 nitrogen and oxygen atoms in total. The number of hydrogen-bond donors (Lipinski definition) is 1. The van der Waals surface area contributed by atoms with Crippen LogP contribution in [0.2, 0.25) is 0 Å². The van der Waals surface area contributed by atoms with Gasteiger partial charge in [-0.25, -0.2) is 8.78 Å². The van der Waals surface area contributed by atoms with E-state index in [1.54, 1.807) is 7.11 Å². The van der Waals surface area contributed by atoms with Gasteiger partial charge in [0.25, 0.3) is 0 Å². The molecule has 0 aromatic heterocycles. The quantitative estimate of drug-likeness (QED) is 0.895. The molecule has 1 aromatic rings. The largest absolute Gasteiger partial charge is 0.377 e. The molecule has 0 amide bonds. The van der Waals surface area contributed by atoms with E-state index >= 15 is 0 Å². The lowest BCUT2D eigenvalue weighted by Crippen LogP contribution is -2.54. The molecule has 0 heterocycles. The van der Waals surface area contributed by atoms with Crippen LogP contribution in [0.5, 0.6) is 0 Å². The molecule has 1 saturated carbocycles. The van der Waals surface area contributed by atoms with E-state index in [1.165, 1.54) is 12.1 Å². The lowest BCUT2D eigenvalue weighted by atomic mass is 9.74. The summed E-state index contributed by atoms with van der Waals surface area (Å²) in [5, 5.41) is 3.26. The fourth-order valence-electron chi connectivity index (χ4n) is 3.42. The zero-order valence-electron chi connectivity index (χ0n) is 13.1. The Morgan fingerprint density at radius 2 is 2.00 bits per heavy atom. The van der Waals surface area contributed by atoms with Crippen LogP contribution in [0.4, 0.5) is 8.78 Å². The molecule has 1 aromatic carbocycles. The summed E-state index contributed by atoms with van der Waals surface area (Å²) in [6, 6.07) is 3.61. The molecular weight excluding hydrogens is 272 g/mol. The Kier molecular flexibility index (Phi) is 5.33. The first-order valence-electron chi connectivity index (χ1n) is 7.67. The second-order valence-electron chi connectivity index (χ2n) is 6.23. The number of likely N-dealkylation sites (N-methyl/N-ethyl adjacent to an activating group) is 1. The van der Waals surface area contributed by atoms with Gasteiger partial charge < -0.3 is 10.1 Å². The Hall–Kier alpha value is -1.00. The fourth-order valence-corrected chi connectivity index (χ4v) is 3.42. The molecule has 1 unspecified atom stereocenters. The molecule has 0 bridgehead atoms. The van der Waals surface area contributed by atoms with Gasteiger partial charge in [0.1, 0.15) is 11.6 Å². The van der Waals surface area contributed by atoms with Crippen LogP contribution in [0.3, 0.4) is 0 Å². The van der Waals surface area contributed by atoms with Gasteiger partial charge in [-0.3, -0.25) is 0 Å². The molecule has 1 N–H and O–H groups in total. The summed E-state index contributed by atoms with van der Waals surface area (Å²) in [6.45, 7) is 2.25. The molecule has 118 valence electrons. The van der Waals surface area contributed by atoms with Crippen molar-refractivity contribution in [3.8, 4) is 0 Å². The third-order valence-electron chi connectivity index (χ3n) is 4.94. The number of hydrogen-bond acceptors (Lipinski definition) is 2. The topological polar surface area (TPSA) is 21.3 Å². The minimum absolute atomic E-state index is 0.0219. The lowest BCUT2D eigenvalue weighted by Gasteiger charge is -2.44. The van der Waals surface area contributed by atoms with Gasteiger partial charge in [-0.2, -0.15) is 0 Å². The van der Waals surface area contributed by atoms with Crippen LogP contribution in [-0.4, -0.2) is 25.8 Å². The van der Waals surface area contributed by atoms with Crippen LogP contribution < -0.4 is 5.32 Å². The van der Waals surface area contributed by atoms with E-state index in [-0.39, 0.29) is 17.5 Å². The fraction of sp³-hybridized carbons (Fsp3) is 0.647. The van der Waals surface area contributed by atoms with Gasteiger partial charge in [0, 0.05) is 13.2 Å². The molecule has 1 aliphatic rings. The van der Waals surface area contributed by atoms with Crippen molar-refractivity contribution in [1.29, 1.82) is 0 Å². The molecule has 2 rings (SSSR count). The van der Waals surface area contributed by atoms with Gasteiger partial charge in [0.15, 0.2) is 0 Å². The van der Waals surface area contributed by atoms with Crippen molar-refractivity contribution in [3.05, 3.63) is 35.4 Å². The second-order valence-corrected chi connectivity index (χ2v) is 6.23. The number of halogens is 2. The summed E-state index contributed by atoms with van der Waals surface area (Å²) in [7, 11) is 3.59. The molecule has 0 radical (unpaired) electrons. The van der Waals surface area contributed by atoms with Crippen molar-refractivity contribution in [2.75, 3.05) is 14.2 Å². The number of methoxy groups -OCH3 is 1. The van der Waals surface area contributed by atoms with Gasteiger partial charge in [0.2, 0.25) is 0 Å². The maximum atomic E-state index is 13.9. The second kappa shape index (κ2) is 6.84. The zero-order chi connectivity index (χ0) is 15.5. The summed E-state index contributed by atoms with van der Waals surface area (Å²) in [6.07, 6.45) is 4.55. The minimum Gasteiger partial charge on any atom is -0.377 e. The number of ether oxygens (including phenoxy) is 1. The Morgan fingerprint density at radius 3 is 2.57 bits per heavy atom. The molecule has 1 fully saturated rings. The third kappa shape index (κ3) is 3.61. The molecular formula is C17H25F2NO. The summed E-state index contributed by atoms with van der Waals surface area (Å²) < 4.78 is 33.1. The van der Waals surface area contributed by atoms with E-state index in [2.05, 4.69) is 12.2 Å². The Morgan fingerprint density at radius 1 is 1.33 bits per heavy atom. The van der Waals surface area contributed by atoms with E-state index in [1.807, 2.05) is 7.05 Å². The van der Waals surface area contributed by atoms with Crippen LogP contribution in [0, 0.1) is 17.6 Å². The lowest BCUT2D eigenvalue weighted by molar-refractivity contribution is -0.0731. The van der Waals surface area contributed by atoms with E-state index in [9.17, 15) is 8.78 Å². The van der Waals surface area contributed by atoms with Gasteiger partial charge in [-0.15, -0.1) is 0 Å². The van der Waals surface area contributed by atoms with E-state index < -0.39 is 5.82 Å². The third-order valence-corrected chi connectivity index (χ3v) is 4.94. The smallest absolute Gasteiger partial charge is 0.126 e. The number of benzene rings is 1. The number of nitrogens with one attached hydrogen (secondary N) is 1. The Bertz CT molecular complexity index is 470. The standard InChI is InChI=1S/C17H25F2NO/c1-12-6-8-17(21-3,9-7-12)16(20-2)11-13-10-14(18)4-5-15(13)19/h4-5,10,12,16,20H,6-9,11H2,1-3H3. The minimum atomic E-state index is -0.398. The Labute approximate surface area is 125 Å². The predicted octanol–water partition coefficient (Wildman–Crippen LogP) is 3.69. The molecule has 1 atom stereocenters. The van der Waals surface area contributed by atoms with Crippen LogP contribution in [0.1, 0.15) is 38.2 Å². The first kappa shape index (κ1) is 16.4. The van der Waals surface area contributed by atoms with Crippen LogP contribution in [0.25, 0.3) is 0 Å². The highest BCUT2D eigenvalue weighted by atomic mass is 19.1. The summed E-state index contributed by atoms with van der Waals surface area (Å²) in [4.78, 5) is 0. The van der Waals surface area contributed by atoms with Crippen molar-refractivity contribution in [1.82, 2.24) is 5.32 Å². The van der Waals surface area contributed by atoms with Crippen molar-refractivity contribution in [2.45, 2.75) is 50.7 Å². The van der Waals surface area contributed by atoms with Crippen LogP contribution in [-0.2, 0) is 11.2 Å². The summed E-state index contributed by atoms with van der Waals surface area (Å²) >= 11 is 0.